The van der Waals surface area contributed by atoms with E-state index in [0.29, 0.717) is 11.6 Å². The average Bonchev–Trinajstić information content (AvgIpc) is 2.57. The van der Waals surface area contributed by atoms with E-state index in [4.69, 9.17) is 0 Å². The Kier molecular flexibility index (Phi) is 5.84. The number of aryl methyl sites for hydroxylation is 1. The number of hydrazone groups is 1. The van der Waals surface area contributed by atoms with Crippen molar-refractivity contribution in [1.29, 1.82) is 0 Å². The summed E-state index contributed by atoms with van der Waals surface area (Å²) in [5, 5.41) is 6.37. The number of nitrogens with one attached hydrogen (secondary N) is 2. The summed E-state index contributed by atoms with van der Waals surface area (Å²) >= 11 is 0. The first-order chi connectivity index (χ1) is 11.5. The Morgan fingerprint density at radius 2 is 1.67 bits per heavy atom. The monoisotopic (exact) mass is 323 g/mol. The summed E-state index contributed by atoms with van der Waals surface area (Å²) in [6.07, 6.45) is 1.50. The number of hydrogen-bond donors (Lipinski definition) is 2. The smallest absolute Gasteiger partial charge is 0.317 e. The molecule has 0 bridgehead atoms. The fraction of sp³-hybridized carbons (Fsp3) is 0.211. The van der Waals surface area contributed by atoms with Crippen molar-refractivity contribution in [3.05, 3.63) is 65.2 Å². The predicted molar refractivity (Wildman–Crippen MR) is 96.1 cm³/mol. The largest absolute Gasteiger partial charge is 0.329 e. The van der Waals surface area contributed by atoms with Gasteiger partial charge >= 0.3 is 11.8 Å². The van der Waals surface area contributed by atoms with Crippen molar-refractivity contribution >= 4 is 23.7 Å². The molecule has 2 amide bonds. The second-order valence-corrected chi connectivity index (χ2v) is 5.79. The summed E-state index contributed by atoms with van der Waals surface area (Å²) in [5.74, 6) is -1.11. The summed E-state index contributed by atoms with van der Waals surface area (Å²) in [4.78, 5) is 23.6. The van der Waals surface area contributed by atoms with Crippen LogP contribution in [0.1, 0.15) is 36.5 Å². The molecule has 0 heterocycles. The van der Waals surface area contributed by atoms with Crippen LogP contribution in [0.15, 0.2) is 53.6 Å². The molecular weight excluding hydrogens is 302 g/mol. The minimum Gasteiger partial charge on any atom is -0.317 e. The lowest BCUT2D eigenvalue weighted by Gasteiger charge is -2.06. The van der Waals surface area contributed by atoms with Gasteiger partial charge in [0.05, 0.1) is 6.21 Å². The van der Waals surface area contributed by atoms with Gasteiger partial charge < -0.3 is 5.32 Å². The SMILES string of the molecule is Cc1ccccc1NC(=O)C(=O)N/N=C/c1ccc(C(C)C)cc1. The van der Waals surface area contributed by atoms with Crippen LogP contribution >= 0.6 is 0 Å². The van der Waals surface area contributed by atoms with E-state index < -0.39 is 11.8 Å². The van der Waals surface area contributed by atoms with E-state index in [1.165, 1.54) is 11.8 Å². The summed E-state index contributed by atoms with van der Waals surface area (Å²) in [5.41, 5.74) is 5.79. The van der Waals surface area contributed by atoms with Crippen molar-refractivity contribution in [2.24, 2.45) is 5.10 Å². The number of anilines is 1. The van der Waals surface area contributed by atoms with Gasteiger partial charge in [-0.25, -0.2) is 5.43 Å². The van der Waals surface area contributed by atoms with E-state index >= 15 is 0 Å². The maximum atomic E-state index is 11.8. The highest BCUT2D eigenvalue weighted by Gasteiger charge is 2.13. The van der Waals surface area contributed by atoms with Crippen LogP contribution in [0.3, 0.4) is 0 Å². The van der Waals surface area contributed by atoms with Gasteiger partial charge in [-0.2, -0.15) is 5.10 Å². The van der Waals surface area contributed by atoms with E-state index in [1.54, 1.807) is 12.1 Å². The molecule has 2 N–H and O–H groups in total. The van der Waals surface area contributed by atoms with Gasteiger partial charge in [-0.05, 0) is 35.6 Å². The second kappa shape index (κ2) is 8.06. The van der Waals surface area contributed by atoms with Crippen LogP contribution in [-0.2, 0) is 9.59 Å². The molecule has 0 aliphatic rings. The van der Waals surface area contributed by atoms with Gasteiger partial charge in [0, 0.05) is 5.69 Å². The fourth-order valence-corrected chi connectivity index (χ4v) is 2.08. The van der Waals surface area contributed by atoms with Gasteiger partial charge in [-0.1, -0.05) is 56.3 Å². The van der Waals surface area contributed by atoms with Gasteiger partial charge in [0.15, 0.2) is 0 Å². The van der Waals surface area contributed by atoms with Gasteiger partial charge in [0.25, 0.3) is 0 Å². The third-order valence-electron chi connectivity index (χ3n) is 3.58. The molecular formula is C19H21N3O2. The lowest BCUT2D eigenvalue weighted by Crippen LogP contribution is -2.32. The third-order valence-corrected chi connectivity index (χ3v) is 3.58. The molecule has 5 nitrogen and oxygen atoms in total. The second-order valence-electron chi connectivity index (χ2n) is 5.79. The third kappa shape index (κ3) is 4.78. The molecule has 124 valence electrons. The molecule has 0 atom stereocenters. The molecule has 0 aliphatic heterocycles. The number of nitrogens with zero attached hydrogens (tertiary/aromatic N) is 1. The lowest BCUT2D eigenvalue weighted by molar-refractivity contribution is -0.136. The Hall–Kier alpha value is -2.95. The first-order valence-corrected chi connectivity index (χ1v) is 7.77. The van der Waals surface area contributed by atoms with E-state index in [9.17, 15) is 9.59 Å². The zero-order chi connectivity index (χ0) is 17.5. The minimum atomic E-state index is -0.812. The van der Waals surface area contributed by atoms with Crippen molar-refractivity contribution in [3.63, 3.8) is 0 Å². The Bertz CT molecular complexity index is 749. The van der Waals surface area contributed by atoms with Crippen molar-refractivity contribution in [1.82, 2.24) is 5.43 Å². The lowest BCUT2D eigenvalue weighted by atomic mass is 10.0. The Balaban J connectivity index is 1.90. The molecule has 24 heavy (non-hydrogen) atoms. The maximum Gasteiger partial charge on any atom is 0.329 e. The van der Waals surface area contributed by atoms with E-state index in [-0.39, 0.29) is 0 Å². The van der Waals surface area contributed by atoms with Gasteiger partial charge in [-0.15, -0.1) is 0 Å². The van der Waals surface area contributed by atoms with E-state index in [1.807, 2.05) is 43.3 Å². The normalized spacial score (nSPS) is 10.8. The van der Waals surface area contributed by atoms with Crippen molar-refractivity contribution in [2.75, 3.05) is 5.32 Å². The summed E-state index contributed by atoms with van der Waals surface area (Å²) < 4.78 is 0. The van der Waals surface area contributed by atoms with Crippen molar-refractivity contribution < 1.29 is 9.59 Å². The molecule has 0 fully saturated rings. The van der Waals surface area contributed by atoms with Crippen LogP contribution in [0.25, 0.3) is 0 Å². The highest BCUT2D eigenvalue weighted by atomic mass is 16.2. The topological polar surface area (TPSA) is 70.6 Å². The molecule has 0 spiro atoms. The molecule has 0 unspecified atom stereocenters. The van der Waals surface area contributed by atoms with Crippen molar-refractivity contribution in [2.45, 2.75) is 26.7 Å². The molecule has 0 radical (unpaired) electrons. The number of hydrogen-bond acceptors (Lipinski definition) is 3. The first-order valence-electron chi connectivity index (χ1n) is 7.77. The fourth-order valence-electron chi connectivity index (χ4n) is 2.08. The van der Waals surface area contributed by atoms with Crippen LogP contribution in [0.2, 0.25) is 0 Å². The Morgan fingerprint density at radius 3 is 2.29 bits per heavy atom. The van der Waals surface area contributed by atoms with Crippen molar-refractivity contribution in [3.8, 4) is 0 Å². The number of benzene rings is 2. The quantitative estimate of drug-likeness (QED) is 0.515. The first kappa shape index (κ1) is 17.4. The van der Waals surface area contributed by atoms with Crippen LogP contribution in [0.5, 0.6) is 0 Å². The summed E-state index contributed by atoms with van der Waals surface area (Å²) in [6.45, 7) is 6.10. The zero-order valence-corrected chi connectivity index (χ0v) is 14.0. The highest BCUT2D eigenvalue weighted by Crippen LogP contribution is 2.14. The molecule has 0 aromatic heterocycles. The van der Waals surface area contributed by atoms with Gasteiger partial charge in [0.2, 0.25) is 0 Å². The number of amides is 2. The molecule has 0 saturated heterocycles. The number of para-hydroxylation sites is 1. The molecule has 0 aliphatic carbocycles. The van der Waals surface area contributed by atoms with Gasteiger partial charge in [0.1, 0.15) is 0 Å². The molecule has 2 aromatic rings. The highest BCUT2D eigenvalue weighted by molar-refractivity contribution is 6.39. The number of rotatable bonds is 4. The average molecular weight is 323 g/mol. The Labute approximate surface area is 141 Å². The standard InChI is InChI=1S/C19H21N3O2/c1-13(2)16-10-8-15(9-11-16)12-20-22-19(24)18(23)21-17-7-5-4-6-14(17)3/h4-13H,1-3H3,(H,21,23)(H,22,24)/b20-12+. The Morgan fingerprint density at radius 1 is 1.00 bits per heavy atom. The zero-order valence-electron chi connectivity index (χ0n) is 14.0. The number of carbonyl (C=O) groups is 2. The molecule has 5 heteroatoms. The van der Waals surface area contributed by atoms with Crippen LogP contribution in [0, 0.1) is 6.92 Å². The molecule has 2 aromatic carbocycles. The van der Waals surface area contributed by atoms with Crippen LogP contribution < -0.4 is 10.7 Å². The minimum absolute atomic E-state index is 0.459. The van der Waals surface area contributed by atoms with Crippen LogP contribution in [-0.4, -0.2) is 18.0 Å². The van der Waals surface area contributed by atoms with Gasteiger partial charge in [-0.3, -0.25) is 9.59 Å². The summed E-state index contributed by atoms with van der Waals surface area (Å²) in [6, 6.07) is 15.1. The molecule has 0 saturated carbocycles. The van der Waals surface area contributed by atoms with E-state index in [2.05, 4.69) is 29.7 Å². The summed E-state index contributed by atoms with van der Waals surface area (Å²) in [7, 11) is 0. The maximum absolute atomic E-state index is 11.8. The van der Waals surface area contributed by atoms with E-state index in [0.717, 1.165) is 11.1 Å². The van der Waals surface area contributed by atoms with Crippen LogP contribution in [0.4, 0.5) is 5.69 Å². The predicted octanol–water partition coefficient (Wildman–Crippen LogP) is 3.21. The number of carbonyl (C=O) groups excluding carboxylic acids is 2. The molecule has 2 rings (SSSR count).